The number of carbonyl (C=O) groups excluding carboxylic acids is 1. The predicted molar refractivity (Wildman–Crippen MR) is 132 cm³/mol. The first-order valence-corrected chi connectivity index (χ1v) is 13.2. The summed E-state index contributed by atoms with van der Waals surface area (Å²) in [7, 11) is -1.10. The normalized spacial score (nSPS) is 17.4. The molecule has 3 aromatic rings. The molecule has 1 aliphatic rings. The third kappa shape index (κ3) is 5.23. The SMILES string of the molecule is Cc1ccc(-n2nc(C)cc2NC(=O)CN(C)Cc2c(C)nn([C@@H]3CCS(=O)(=O)C3)c2C)cc1. The number of aryl methyl sites for hydroxylation is 3. The zero-order valence-electron chi connectivity index (χ0n) is 20.4. The number of likely N-dealkylation sites (N-methyl/N-ethyl adjacent to an activating group) is 1. The number of nitrogens with zero attached hydrogens (tertiary/aromatic N) is 5. The third-order valence-electron chi connectivity index (χ3n) is 6.25. The van der Waals surface area contributed by atoms with Crippen molar-refractivity contribution in [3.63, 3.8) is 0 Å². The van der Waals surface area contributed by atoms with E-state index in [1.807, 2.05) is 74.7 Å². The molecular weight excluding hydrogens is 452 g/mol. The number of rotatable bonds is 7. The van der Waals surface area contributed by atoms with Crippen LogP contribution in [0.2, 0.25) is 0 Å². The average Bonchev–Trinajstić information content (AvgIpc) is 3.39. The van der Waals surface area contributed by atoms with Gasteiger partial charge in [0.05, 0.1) is 41.2 Å². The molecule has 0 spiro atoms. The van der Waals surface area contributed by atoms with Crippen LogP contribution in [-0.4, -0.2) is 63.9 Å². The molecule has 0 unspecified atom stereocenters. The van der Waals surface area contributed by atoms with E-state index in [0.717, 1.165) is 33.9 Å². The highest BCUT2D eigenvalue weighted by atomic mass is 32.2. The molecule has 1 saturated heterocycles. The van der Waals surface area contributed by atoms with Crippen LogP contribution in [0.4, 0.5) is 5.82 Å². The molecule has 34 heavy (non-hydrogen) atoms. The van der Waals surface area contributed by atoms with Crippen molar-refractivity contribution in [2.75, 3.05) is 30.4 Å². The van der Waals surface area contributed by atoms with E-state index in [0.29, 0.717) is 18.8 Å². The van der Waals surface area contributed by atoms with Crippen molar-refractivity contribution in [1.29, 1.82) is 0 Å². The molecule has 1 atom stereocenters. The van der Waals surface area contributed by atoms with E-state index in [1.165, 1.54) is 0 Å². The summed E-state index contributed by atoms with van der Waals surface area (Å²) in [4.78, 5) is 14.8. The fourth-order valence-electron chi connectivity index (χ4n) is 4.47. The van der Waals surface area contributed by atoms with Gasteiger partial charge in [0.15, 0.2) is 9.84 Å². The van der Waals surface area contributed by atoms with Gasteiger partial charge in [0, 0.05) is 23.9 Å². The fraction of sp³-hybridized carbons (Fsp3) is 0.458. The maximum absolute atomic E-state index is 12.8. The largest absolute Gasteiger partial charge is 0.309 e. The Morgan fingerprint density at radius 3 is 2.50 bits per heavy atom. The van der Waals surface area contributed by atoms with Gasteiger partial charge in [-0.15, -0.1) is 0 Å². The number of sulfone groups is 1. The summed E-state index contributed by atoms with van der Waals surface area (Å²) >= 11 is 0. The molecule has 1 aromatic carbocycles. The van der Waals surface area contributed by atoms with Crippen molar-refractivity contribution in [3.8, 4) is 5.69 Å². The van der Waals surface area contributed by atoms with Crippen LogP contribution in [0, 0.1) is 27.7 Å². The van der Waals surface area contributed by atoms with Crippen molar-refractivity contribution >= 4 is 21.6 Å². The van der Waals surface area contributed by atoms with E-state index in [1.54, 1.807) is 4.68 Å². The summed E-state index contributed by atoms with van der Waals surface area (Å²) in [6.45, 7) is 8.56. The number of hydrogen-bond donors (Lipinski definition) is 1. The van der Waals surface area contributed by atoms with Gasteiger partial charge in [0.2, 0.25) is 5.91 Å². The summed E-state index contributed by atoms with van der Waals surface area (Å²) in [6, 6.07) is 9.71. The zero-order chi connectivity index (χ0) is 24.6. The minimum atomic E-state index is -2.99. The molecule has 9 nitrogen and oxygen atoms in total. The van der Waals surface area contributed by atoms with Crippen LogP contribution in [0.25, 0.3) is 5.69 Å². The quantitative estimate of drug-likeness (QED) is 0.553. The fourth-order valence-corrected chi connectivity index (χ4v) is 6.17. The molecule has 10 heteroatoms. The second kappa shape index (κ2) is 9.34. The van der Waals surface area contributed by atoms with Crippen molar-refractivity contribution in [2.24, 2.45) is 0 Å². The highest BCUT2D eigenvalue weighted by Gasteiger charge is 2.31. The first-order valence-electron chi connectivity index (χ1n) is 11.4. The topological polar surface area (TPSA) is 102 Å². The van der Waals surface area contributed by atoms with Gasteiger partial charge in [-0.3, -0.25) is 14.4 Å². The standard InChI is InChI=1S/C24H32N6O3S/c1-16-6-8-20(9-7-16)30-23(12-17(2)26-30)25-24(31)14-28(5)13-22-18(3)27-29(19(22)4)21-10-11-34(32,33)15-21/h6-9,12,21H,10-11,13-15H2,1-5H3,(H,25,31)/t21-/m1/s1. The lowest BCUT2D eigenvalue weighted by Gasteiger charge is -2.17. The van der Waals surface area contributed by atoms with Gasteiger partial charge in [-0.25, -0.2) is 13.1 Å². The number of aromatic nitrogens is 4. The molecule has 0 saturated carbocycles. The number of carbonyl (C=O) groups is 1. The maximum atomic E-state index is 12.8. The molecule has 4 rings (SSSR count). The second-order valence-electron chi connectivity index (χ2n) is 9.29. The lowest BCUT2D eigenvalue weighted by Crippen LogP contribution is -2.30. The first-order chi connectivity index (χ1) is 16.0. The number of hydrogen-bond acceptors (Lipinski definition) is 6. The molecule has 0 radical (unpaired) electrons. The van der Waals surface area contributed by atoms with E-state index < -0.39 is 9.84 Å². The second-order valence-corrected chi connectivity index (χ2v) is 11.5. The third-order valence-corrected chi connectivity index (χ3v) is 8.00. The van der Waals surface area contributed by atoms with Gasteiger partial charge < -0.3 is 5.32 Å². The van der Waals surface area contributed by atoms with E-state index in [-0.39, 0.29) is 30.0 Å². The minimum absolute atomic E-state index is 0.114. The summed E-state index contributed by atoms with van der Waals surface area (Å²) in [6.07, 6.45) is 0.593. The molecule has 0 aliphatic carbocycles. The molecule has 3 heterocycles. The average molecular weight is 485 g/mol. The Labute approximate surface area is 200 Å². The number of amides is 1. The molecule has 182 valence electrons. The summed E-state index contributed by atoms with van der Waals surface area (Å²) in [5.74, 6) is 0.841. The van der Waals surface area contributed by atoms with Crippen LogP contribution < -0.4 is 5.32 Å². The summed E-state index contributed by atoms with van der Waals surface area (Å²) in [5, 5.41) is 12.1. The Hall–Kier alpha value is -2.98. The van der Waals surface area contributed by atoms with Gasteiger partial charge >= 0.3 is 0 Å². The molecule has 1 amide bonds. The molecule has 1 aliphatic heterocycles. The van der Waals surface area contributed by atoms with Gasteiger partial charge in [-0.2, -0.15) is 10.2 Å². The lowest BCUT2D eigenvalue weighted by atomic mass is 10.1. The molecular formula is C24H32N6O3S. The van der Waals surface area contributed by atoms with Crippen LogP contribution in [0.3, 0.4) is 0 Å². The van der Waals surface area contributed by atoms with Crippen LogP contribution >= 0.6 is 0 Å². The number of anilines is 1. The number of benzene rings is 1. The zero-order valence-corrected chi connectivity index (χ0v) is 21.2. The highest BCUT2D eigenvalue weighted by Crippen LogP contribution is 2.27. The molecule has 0 bridgehead atoms. The first kappa shape index (κ1) is 24.2. The predicted octanol–water partition coefficient (Wildman–Crippen LogP) is 2.73. The van der Waals surface area contributed by atoms with E-state index in [2.05, 4.69) is 15.5 Å². The number of nitrogens with one attached hydrogen (secondary N) is 1. The van der Waals surface area contributed by atoms with Crippen LogP contribution in [-0.2, 0) is 21.2 Å². The van der Waals surface area contributed by atoms with E-state index in [9.17, 15) is 13.2 Å². The Kier molecular flexibility index (Phi) is 6.64. The van der Waals surface area contributed by atoms with Crippen LogP contribution in [0.1, 0.15) is 40.7 Å². The summed E-state index contributed by atoms with van der Waals surface area (Å²) in [5.41, 5.74) is 5.71. The van der Waals surface area contributed by atoms with Crippen molar-refractivity contribution in [2.45, 2.75) is 46.7 Å². The Balaban J connectivity index is 1.42. The van der Waals surface area contributed by atoms with Gasteiger partial charge in [-0.1, -0.05) is 17.7 Å². The Bertz CT molecular complexity index is 1310. The molecule has 1 N–H and O–H groups in total. The Morgan fingerprint density at radius 2 is 1.85 bits per heavy atom. The molecule has 2 aromatic heterocycles. The van der Waals surface area contributed by atoms with Crippen molar-refractivity contribution in [3.05, 3.63) is 58.5 Å². The van der Waals surface area contributed by atoms with Gasteiger partial charge in [0.25, 0.3) is 0 Å². The molecule has 1 fully saturated rings. The smallest absolute Gasteiger partial charge is 0.239 e. The van der Waals surface area contributed by atoms with Gasteiger partial charge in [-0.05, 0) is 53.3 Å². The van der Waals surface area contributed by atoms with Gasteiger partial charge in [0.1, 0.15) is 5.82 Å². The van der Waals surface area contributed by atoms with E-state index >= 15 is 0 Å². The monoisotopic (exact) mass is 484 g/mol. The highest BCUT2D eigenvalue weighted by molar-refractivity contribution is 7.91. The minimum Gasteiger partial charge on any atom is -0.309 e. The van der Waals surface area contributed by atoms with Crippen molar-refractivity contribution in [1.82, 2.24) is 24.5 Å². The summed E-state index contributed by atoms with van der Waals surface area (Å²) < 4.78 is 27.4. The van der Waals surface area contributed by atoms with E-state index in [4.69, 9.17) is 0 Å². The van der Waals surface area contributed by atoms with Crippen LogP contribution in [0.15, 0.2) is 30.3 Å². The maximum Gasteiger partial charge on any atom is 0.239 e. The Morgan fingerprint density at radius 1 is 1.15 bits per heavy atom. The van der Waals surface area contributed by atoms with Crippen LogP contribution in [0.5, 0.6) is 0 Å². The lowest BCUT2D eigenvalue weighted by molar-refractivity contribution is -0.117. The van der Waals surface area contributed by atoms with Crippen molar-refractivity contribution < 1.29 is 13.2 Å².